The third kappa shape index (κ3) is 5.22. The smallest absolute Gasteiger partial charge is 0.0608 e. The zero-order valence-corrected chi connectivity index (χ0v) is 14.2. The van der Waals surface area contributed by atoms with Crippen LogP contribution in [0.2, 0.25) is 10.0 Å². The maximum absolute atomic E-state index is 6.23. The van der Waals surface area contributed by atoms with Crippen molar-refractivity contribution in [1.29, 1.82) is 0 Å². The summed E-state index contributed by atoms with van der Waals surface area (Å²) in [6, 6.07) is 5.75. The van der Waals surface area contributed by atoms with E-state index in [2.05, 4.69) is 18.8 Å². The molecule has 0 N–H and O–H groups in total. The highest BCUT2D eigenvalue weighted by molar-refractivity contribution is 6.35. The van der Waals surface area contributed by atoms with Crippen LogP contribution in [0.4, 0.5) is 0 Å². The Hall–Kier alpha value is -0.680. The quantitative estimate of drug-likeness (QED) is 0.660. The molecule has 1 fully saturated rings. The number of hydrogen-bond acceptors (Lipinski definition) is 1. The zero-order valence-electron chi connectivity index (χ0n) is 12.7. The van der Waals surface area contributed by atoms with Crippen LogP contribution < -0.4 is 0 Å². The average Bonchev–Trinajstić information content (AvgIpc) is 2.88. The molecule has 1 nitrogen and oxygen atoms in total. The van der Waals surface area contributed by atoms with E-state index < -0.39 is 0 Å². The molecule has 3 heteroatoms. The van der Waals surface area contributed by atoms with Crippen LogP contribution in [0.3, 0.4) is 0 Å². The van der Waals surface area contributed by atoms with Crippen LogP contribution in [0.1, 0.15) is 38.7 Å². The fourth-order valence-corrected chi connectivity index (χ4v) is 3.33. The average molecular weight is 325 g/mol. The Morgan fingerprint density at radius 2 is 2.19 bits per heavy atom. The summed E-state index contributed by atoms with van der Waals surface area (Å²) in [6.45, 7) is 4.96. The molecule has 1 aliphatic rings. The summed E-state index contributed by atoms with van der Waals surface area (Å²) >= 11 is 12.2. The SMILES string of the molecule is CC#CC1COC(CCC(C)Cc2ccc(Cl)cc2Cl)C1. The molecular formula is C18H22Cl2O. The maximum atomic E-state index is 6.23. The van der Waals surface area contributed by atoms with Crippen molar-refractivity contribution < 1.29 is 4.74 Å². The van der Waals surface area contributed by atoms with Crippen LogP contribution in [0, 0.1) is 23.7 Å². The summed E-state index contributed by atoms with van der Waals surface area (Å²) in [5, 5.41) is 1.46. The van der Waals surface area contributed by atoms with E-state index >= 15 is 0 Å². The first-order valence-corrected chi connectivity index (χ1v) is 8.32. The first-order chi connectivity index (χ1) is 10.1. The van der Waals surface area contributed by atoms with Gasteiger partial charge in [-0.25, -0.2) is 0 Å². The number of benzene rings is 1. The molecule has 0 amide bonds. The van der Waals surface area contributed by atoms with Gasteiger partial charge >= 0.3 is 0 Å². The van der Waals surface area contributed by atoms with Gasteiger partial charge in [0.25, 0.3) is 0 Å². The minimum atomic E-state index is 0.374. The van der Waals surface area contributed by atoms with Gasteiger partial charge in [0.15, 0.2) is 0 Å². The van der Waals surface area contributed by atoms with E-state index in [1.54, 1.807) is 0 Å². The van der Waals surface area contributed by atoms with E-state index in [9.17, 15) is 0 Å². The lowest BCUT2D eigenvalue weighted by Gasteiger charge is -2.15. The van der Waals surface area contributed by atoms with Gasteiger partial charge in [0, 0.05) is 16.0 Å². The number of halogens is 2. The fraction of sp³-hybridized carbons (Fsp3) is 0.556. The Morgan fingerprint density at radius 3 is 2.90 bits per heavy atom. The van der Waals surface area contributed by atoms with Crippen LogP contribution in [-0.4, -0.2) is 12.7 Å². The van der Waals surface area contributed by atoms with Gasteiger partial charge in [-0.1, -0.05) is 42.1 Å². The second-order valence-electron chi connectivity index (χ2n) is 5.90. The summed E-state index contributed by atoms with van der Waals surface area (Å²) in [4.78, 5) is 0. The molecule has 1 saturated heterocycles. The lowest BCUT2D eigenvalue weighted by Crippen LogP contribution is -2.09. The van der Waals surface area contributed by atoms with Crippen molar-refractivity contribution in [3.8, 4) is 11.8 Å². The second-order valence-corrected chi connectivity index (χ2v) is 6.75. The van der Waals surface area contributed by atoms with Gasteiger partial charge in [-0.2, -0.15) is 0 Å². The van der Waals surface area contributed by atoms with Crippen molar-refractivity contribution in [2.75, 3.05) is 6.61 Å². The van der Waals surface area contributed by atoms with Crippen LogP contribution >= 0.6 is 23.2 Å². The Labute approximate surface area is 138 Å². The van der Waals surface area contributed by atoms with Gasteiger partial charge in [0.05, 0.1) is 12.7 Å². The van der Waals surface area contributed by atoms with Crippen molar-refractivity contribution in [2.45, 2.75) is 45.6 Å². The molecule has 21 heavy (non-hydrogen) atoms. The standard InChI is InChI=1S/C18H22Cl2O/c1-3-4-14-10-17(21-12-14)8-5-13(2)9-15-6-7-16(19)11-18(15)20/h6-7,11,13-14,17H,5,8-10,12H2,1-2H3. The fourth-order valence-electron chi connectivity index (χ4n) is 2.85. The lowest BCUT2D eigenvalue weighted by molar-refractivity contribution is 0.0969. The number of hydrogen-bond donors (Lipinski definition) is 0. The number of ether oxygens (including phenoxy) is 1. The van der Waals surface area contributed by atoms with Crippen LogP contribution in [-0.2, 0) is 11.2 Å². The van der Waals surface area contributed by atoms with Gasteiger partial charge < -0.3 is 4.74 Å². The highest BCUT2D eigenvalue weighted by Crippen LogP contribution is 2.27. The van der Waals surface area contributed by atoms with E-state index in [-0.39, 0.29) is 0 Å². The molecule has 0 spiro atoms. The van der Waals surface area contributed by atoms with E-state index in [1.165, 1.54) is 5.56 Å². The molecule has 114 valence electrons. The Bertz CT molecular complexity index is 530. The molecule has 0 aromatic heterocycles. The van der Waals surface area contributed by atoms with Gasteiger partial charge in [-0.3, -0.25) is 0 Å². The summed E-state index contributed by atoms with van der Waals surface area (Å²) in [7, 11) is 0. The van der Waals surface area contributed by atoms with Crippen molar-refractivity contribution >= 4 is 23.2 Å². The van der Waals surface area contributed by atoms with Crippen molar-refractivity contribution in [3.05, 3.63) is 33.8 Å². The van der Waals surface area contributed by atoms with Gasteiger partial charge in [0.2, 0.25) is 0 Å². The van der Waals surface area contributed by atoms with Crippen LogP contribution in [0.5, 0.6) is 0 Å². The second kappa shape index (κ2) is 8.08. The molecule has 0 bridgehead atoms. The summed E-state index contributed by atoms with van der Waals surface area (Å²) < 4.78 is 5.81. The number of rotatable bonds is 5. The van der Waals surface area contributed by atoms with Gasteiger partial charge in [-0.05, 0) is 56.2 Å². The zero-order chi connectivity index (χ0) is 15.2. The maximum Gasteiger partial charge on any atom is 0.0608 e. The lowest BCUT2D eigenvalue weighted by atomic mass is 9.93. The molecule has 2 rings (SSSR count). The molecule has 1 aromatic carbocycles. The molecule has 3 unspecified atom stereocenters. The first-order valence-electron chi connectivity index (χ1n) is 7.56. The van der Waals surface area contributed by atoms with E-state index in [0.29, 0.717) is 23.0 Å². The highest BCUT2D eigenvalue weighted by Gasteiger charge is 2.24. The highest BCUT2D eigenvalue weighted by atomic mass is 35.5. The topological polar surface area (TPSA) is 9.23 Å². The van der Waals surface area contributed by atoms with Crippen LogP contribution in [0.25, 0.3) is 0 Å². The predicted octanol–water partition coefficient (Wildman–Crippen LogP) is 5.38. The molecule has 1 aliphatic heterocycles. The Kier molecular flexibility index (Phi) is 6.42. The molecule has 3 atom stereocenters. The van der Waals surface area contributed by atoms with E-state index in [4.69, 9.17) is 27.9 Å². The summed E-state index contributed by atoms with van der Waals surface area (Å²) in [6.07, 6.45) is 4.69. The largest absolute Gasteiger partial charge is 0.377 e. The summed E-state index contributed by atoms with van der Waals surface area (Å²) in [5.41, 5.74) is 1.18. The van der Waals surface area contributed by atoms with Gasteiger partial charge in [-0.15, -0.1) is 5.92 Å². The van der Waals surface area contributed by atoms with Crippen molar-refractivity contribution in [1.82, 2.24) is 0 Å². The minimum absolute atomic E-state index is 0.374. The normalized spacial score (nSPS) is 22.7. The third-order valence-corrected chi connectivity index (χ3v) is 4.58. The van der Waals surface area contributed by atoms with Crippen LogP contribution in [0.15, 0.2) is 18.2 Å². The predicted molar refractivity (Wildman–Crippen MR) is 89.9 cm³/mol. The first kappa shape index (κ1) is 16.7. The molecule has 0 aliphatic carbocycles. The molecule has 0 saturated carbocycles. The minimum Gasteiger partial charge on any atom is -0.377 e. The van der Waals surface area contributed by atoms with Crippen molar-refractivity contribution in [2.24, 2.45) is 11.8 Å². The molecule has 0 radical (unpaired) electrons. The monoisotopic (exact) mass is 324 g/mol. The van der Waals surface area contributed by atoms with Crippen molar-refractivity contribution in [3.63, 3.8) is 0 Å². The Morgan fingerprint density at radius 1 is 1.38 bits per heavy atom. The van der Waals surface area contributed by atoms with Gasteiger partial charge in [0.1, 0.15) is 0 Å². The van der Waals surface area contributed by atoms with E-state index in [0.717, 1.165) is 37.3 Å². The summed E-state index contributed by atoms with van der Waals surface area (Å²) in [5.74, 6) is 7.21. The molecule has 1 aromatic rings. The molecular weight excluding hydrogens is 303 g/mol. The third-order valence-electron chi connectivity index (χ3n) is 3.99. The molecule has 1 heterocycles. The van der Waals surface area contributed by atoms with E-state index in [1.807, 2.05) is 25.1 Å². The Balaban J connectivity index is 1.77.